The van der Waals surface area contributed by atoms with Gasteiger partial charge < -0.3 is 14.2 Å². The Bertz CT molecular complexity index is 582. The minimum Gasteiger partial charge on any atom is -0.496 e. The molecule has 0 aliphatic carbocycles. The van der Waals surface area contributed by atoms with Crippen molar-refractivity contribution in [3.63, 3.8) is 0 Å². The van der Waals surface area contributed by atoms with Gasteiger partial charge in [0, 0.05) is 0 Å². The molecule has 2 heterocycles. The number of benzene rings is 1. The quantitative estimate of drug-likeness (QED) is 0.790. The fraction of sp³-hybridized carbons (Fsp3) is 0.286. The van der Waals surface area contributed by atoms with Gasteiger partial charge in [0.05, 0.1) is 16.8 Å². The van der Waals surface area contributed by atoms with Gasteiger partial charge in [0.15, 0.2) is 11.5 Å². The SMILES string of the molecule is COc1ccsc1C(Br)c1ccc2c(c1)OCCO2. The lowest BCUT2D eigenvalue weighted by Gasteiger charge is -2.20. The average Bonchev–Trinajstić information content (AvgIpc) is 2.94. The number of methoxy groups -OCH3 is 1. The van der Waals surface area contributed by atoms with E-state index in [0.29, 0.717) is 13.2 Å². The van der Waals surface area contributed by atoms with E-state index < -0.39 is 0 Å². The van der Waals surface area contributed by atoms with Gasteiger partial charge in [-0.3, -0.25) is 0 Å². The third-order valence-corrected chi connectivity index (χ3v) is 5.22. The van der Waals surface area contributed by atoms with Crippen LogP contribution in [0.25, 0.3) is 0 Å². The first-order chi connectivity index (χ1) is 9.29. The third kappa shape index (κ3) is 2.44. The van der Waals surface area contributed by atoms with Crippen molar-refractivity contribution in [2.75, 3.05) is 20.3 Å². The molecular weight excluding hydrogens is 328 g/mol. The lowest BCUT2D eigenvalue weighted by Crippen LogP contribution is -2.15. The molecule has 19 heavy (non-hydrogen) atoms. The average molecular weight is 341 g/mol. The highest BCUT2D eigenvalue weighted by Gasteiger charge is 2.20. The Hall–Kier alpha value is -1.20. The van der Waals surface area contributed by atoms with Crippen LogP contribution in [0, 0.1) is 0 Å². The van der Waals surface area contributed by atoms with E-state index in [9.17, 15) is 0 Å². The van der Waals surface area contributed by atoms with Gasteiger partial charge in [0.25, 0.3) is 0 Å². The maximum atomic E-state index is 5.61. The van der Waals surface area contributed by atoms with Crippen LogP contribution in [0.3, 0.4) is 0 Å². The van der Waals surface area contributed by atoms with E-state index in [1.54, 1.807) is 18.4 Å². The van der Waals surface area contributed by atoms with Gasteiger partial charge in [-0.15, -0.1) is 11.3 Å². The predicted octanol–water partition coefficient (Wildman–Crippen LogP) is 4.01. The highest BCUT2D eigenvalue weighted by molar-refractivity contribution is 9.09. The van der Waals surface area contributed by atoms with Crippen LogP contribution in [0.4, 0.5) is 0 Å². The van der Waals surface area contributed by atoms with Gasteiger partial charge in [-0.2, -0.15) is 0 Å². The molecule has 0 saturated heterocycles. The first-order valence-electron chi connectivity index (χ1n) is 5.94. The number of thiophene rings is 1. The van der Waals surface area contributed by atoms with E-state index in [1.165, 1.54) is 0 Å². The molecule has 5 heteroatoms. The zero-order valence-corrected chi connectivity index (χ0v) is 12.8. The summed E-state index contributed by atoms with van der Waals surface area (Å²) in [6, 6.07) is 8.00. The van der Waals surface area contributed by atoms with E-state index in [2.05, 4.69) is 15.9 Å². The Morgan fingerprint density at radius 2 is 2.00 bits per heavy atom. The van der Waals surface area contributed by atoms with Crippen molar-refractivity contribution < 1.29 is 14.2 Å². The molecule has 1 aliphatic heterocycles. The summed E-state index contributed by atoms with van der Waals surface area (Å²) in [4.78, 5) is 1.25. The number of alkyl halides is 1. The molecule has 2 aromatic rings. The van der Waals surface area contributed by atoms with Crippen molar-refractivity contribution in [2.24, 2.45) is 0 Å². The maximum Gasteiger partial charge on any atom is 0.161 e. The van der Waals surface area contributed by atoms with Gasteiger partial charge in [0.2, 0.25) is 0 Å². The van der Waals surface area contributed by atoms with Crippen LogP contribution >= 0.6 is 27.3 Å². The first-order valence-corrected chi connectivity index (χ1v) is 7.74. The van der Waals surface area contributed by atoms with E-state index in [-0.39, 0.29) is 4.83 Å². The van der Waals surface area contributed by atoms with Gasteiger partial charge in [-0.1, -0.05) is 22.0 Å². The van der Waals surface area contributed by atoms with Crippen LogP contribution in [0.2, 0.25) is 0 Å². The Balaban J connectivity index is 1.93. The molecule has 0 spiro atoms. The molecule has 0 N–H and O–H groups in total. The molecule has 3 rings (SSSR count). The van der Waals surface area contributed by atoms with Crippen LogP contribution in [-0.4, -0.2) is 20.3 Å². The van der Waals surface area contributed by atoms with E-state index in [0.717, 1.165) is 27.7 Å². The van der Waals surface area contributed by atoms with Crippen molar-refractivity contribution in [3.8, 4) is 17.2 Å². The minimum absolute atomic E-state index is 0.0956. The molecule has 0 radical (unpaired) electrons. The topological polar surface area (TPSA) is 27.7 Å². The summed E-state index contributed by atoms with van der Waals surface area (Å²) in [6.07, 6.45) is 0. The second kappa shape index (κ2) is 5.43. The second-order valence-electron chi connectivity index (χ2n) is 4.12. The molecule has 100 valence electrons. The maximum absolute atomic E-state index is 5.61. The number of halogens is 1. The highest BCUT2D eigenvalue weighted by atomic mass is 79.9. The lowest BCUT2D eigenvalue weighted by molar-refractivity contribution is 0.171. The zero-order chi connectivity index (χ0) is 13.2. The smallest absolute Gasteiger partial charge is 0.161 e. The van der Waals surface area contributed by atoms with Crippen LogP contribution in [0.5, 0.6) is 17.2 Å². The van der Waals surface area contributed by atoms with Gasteiger partial charge in [-0.25, -0.2) is 0 Å². The van der Waals surface area contributed by atoms with Crippen LogP contribution in [0.1, 0.15) is 15.3 Å². The van der Waals surface area contributed by atoms with Gasteiger partial charge in [0.1, 0.15) is 19.0 Å². The van der Waals surface area contributed by atoms with Crippen LogP contribution in [-0.2, 0) is 0 Å². The highest BCUT2D eigenvalue weighted by Crippen LogP contribution is 2.42. The summed E-state index contributed by atoms with van der Waals surface area (Å²) in [5.41, 5.74) is 1.13. The Morgan fingerprint density at radius 1 is 1.21 bits per heavy atom. The lowest BCUT2D eigenvalue weighted by atomic mass is 10.1. The summed E-state index contributed by atoms with van der Waals surface area (Å²) < 4.78 is 16.5. The number of ether oxygens (including phenoxy) is 3. The summed E-state index contributed by atoms with van der Waals surface area (Å²) in [6.45, 7) is 1.22. The zero-order valence-electron chi connectivity index (χ0n) is 10.4. The Labute approximate surface area is 124 Å². The third-order valence-electron chi connectivity index (χ3n) is 2.97. The minimum atomic E-state index is 0.0956. The van der Waals surface area contributed by atoms with Crippen molar-refractivity contribution >= 4 is 27.3 Å². The second-order valence-corrected chi connectivity index (χ2v) is 5.98. The predicted molar refractivity (Wildman–Crippen MR) is 79.1 cm³/mol. The van der Waals surface area contributed by atoms with E-state index >= 15 is 0 Å². The molecule has 1 aliphatic rings. The monoisotopic (exact) mass is 340 g/mol. The van der Waals surface area contributed by atoms with E-state index in [1.807, 2.05) is 29.6 Å². The Morgan fingerprint density at radius 3 is 2.79 bits per heavy atom. The molecule has 3 nitrogen and oxygen atoms in total. The summed E-state index contributed by atoms with van der Waals surface area (Å²) in [7, 11) is 1.69. The molecule has 1 unspecified atom stereocenters. The largest absolute Gasteiger partial charge is 0.496 e. The molecule has 1 aromatic carbocycles. The van der Waals surface area contributed by atoms with Crippen molar-refractivity contribution in [2.45, 2.75) is 4.83 Å². The standard InChI is InChI=1S/C14H13BrO3S/c1-16-11-4-7-19-14(11)13(15)9-2-3-10-12(8-9)18-6-5-17-10/h2-4,7-8,13H,5-6H2,1H3. The van der Waals surface area contributed by atoms with Crippen LogP contribution in [0.15, 0.2) is 29.6 Å². The summed E-state index contributed by atoms with van der Waals surface area (Å²) >= 11 is 5.40. The summed E-state index contributed by atoms with van der Waals surface area (Å²) in [5, 5.41) is 2.03. The molecule has 1 atom stereocenters. The first kappa shape index (κ1) is 12.8. The van der Waals surface area contributed by atoms with Gasteiger partial charge >= 0.3 is 0 Å². The number of fused-ring (bicyclic) bond motifs is 1. The fourth-order valence-electron chi connectivity index (χ4n) is 2.03. The summed E-state index contributed by atoms with van der Waals surface area (Å²) in [5.74, 6) is 2.53. The number of hydrogen-bond donors (Lipinski definition) is 0. The molecule has 0 saturated carbocycles. The number of hydrogen-bond acceptors (Lipinski definition) is 4. The van der Waals surface area contributed by atoms with Gasteiger partial charge in [-0.05, 0) is 29.1 Å². The normalized spacial score (nSPS) is 15.1. The van der Waals surface area contributed by atoms with Crippen molar-refractivity contribution in [1.82, 2.24) is 0 Å². The van der Waals surface area contributed by atoms with Crippen LogP contribution < -0.4 is 14.2 Å². The molecule has 1 aromatic heterocycles. The molecule has 0 fully saturated rings. The Kier molecular flexibility index (Phi) is 3.66. The van der Waals surface area contributed by atoms with E-state index in [4.69, 9.17) is 14.2 Å². The molecular formula is C14H13BrO3S. The molecule has 0 bridgehead atoms. The van der Waals surface area contributed by atoms with Crippen molar-refractivity contribution in [1.29, 1.82) is 0 Å². The number of rotatable bonds is 3. The molecule has 0 amide bonds. The fourth-order valence-corrected chi connectivity index (χ4v) is 3.73. The van der Waals surface area contributed by atoms with Crippen molar-refractivity contribution in [3.05, 3.63) is 40.1 Å².